The Bertz CT molecular complexity index is 1270. The van der Waals surface area contributed by atoms with Crippen LogP contribution < -0.4 is 14.8 Å². The first-order valence-corrected chi connectivity index (χ1v) is 12.6. The van der Waals surface area contributed by atoms with Gasteiger partial charge in [0, 0.05) is 19.5 Å². The number of carbonyl (C=O) groups is 1. The van der Waals surface area contributed by atoms with E-state index in [0.717, 1.165) is 70.9 Å². The van der Waals surface area contributed by atoms with Gasteiger partial charge >= 0.3 is 0 Å². The fourth-order valence-corrected chi connectivity index (χ4v) is 4.46. The molecule has 0 saturated heterocycles. The zero-order chi connectivity index (χ0) is 25.3. The second-order valence-corrected chi connectivity index (χ2v) is 9.07. The number of carbonyl (C=O) groups excluding carboxylic acids is 1. The highest BCUT2D eigenvalue weighted by Crippen LogP contribution is 2.23. The van der Waals surface area contributed by atoms with Crippen molar-refractivity contribution in [3.8, 4) is 11.5 Å². The van der Waals surface area contributed by atoms with Gasteiger partial charge in [-0.2, -0.15) is 0 Å². The second kappa shape index (κ2) is 12.2. The SMILES string of the molecule is COc1ccc(CC(=O)NCCCc2nc3ccccc3n2CCCOc2c(C)cccc2C)cc1. The molecule has 6 heteroatoms. The number of rotatable bonds is 12. The van der Waals surface area contributed by atoms with Crippen LogP contribution in [0, 0.1) is 13.8 Å². The van der Waals surface area contributed by atoms with Crippen molar-refractivity contribution in [2.75, 3.05) is 20.3 Å². The van der Waals surface area contributed by atoms with Gasteiger partial charge in [0.2, 0.25) is 5.91 Å². The molecule has 0 fully saturated rings. The lowest BCUT2D eigenvalue weighted by molar-refractivity contribution is -0.120. The number of fused-ring (bicyclic) bond motifs is 1. The van der Waals surface area contributed by atoms with E-state index in [1.807, 2.05) is 30.3 Å². The molecule has 4 aromatic rings. The molecule has 188 valence electrons. The van der Waals surface area contributed by atoms with Gasteiger partial charge < -0.3 is 19.4 Å². The zero-order valence-corrected chi connectivity index (χ0v) is 21.4. The molecule has 36 heavy (non-hydrogen) atoms. The van der Waals surface area contributed by atoms with Crippen molar-refractivity contribution in [3.63, 3.8) is 0 Å². The summed E-state index contributed by atoms with van der Waals surface area (Å²) in [6.45, 7) is 6.27. The summed E-state index contributed by atoms with van der Waals surface area (Å²) in [6, 6.07) is 22.1. The number of aryl methyl sites for hydroxylation is 4. The molecule has 3 aromatic carbocycles. The molecule has 4 rings (SSSR count). The predicted molar refractivity (Wildman–Crippen MR) is 144 cm³/mol. The summed E-state index contributed by atoms with van der Waals surface area (Å²) in [5.41, 5.74) is 5.45. The van der Waals surface area contributed by atoms with Crippen LogP contribution in [0.15, 0.2) is 66.7 Å². The molecule has 0 aliphatic rings. The molecule has 6 nitrogen and oxygen atoms in total. The minimum Gasteiger partial charge on any atom is -0.497 e. The Balaban J connectivity index is 1.29. The van der Waals surface area contributed by atoms with Gasteiger partial charge in [0.25, 0.3) is 0 Å². The highest BCUT2D eigenvalue weighted by molar-refractivity contribution is 5.78. The van der Waals surface area contributed by atoms with Crippen LogP contribution in [-0.2, 0) is 24.2 Å². The first-order valence-electron chi connectivity index (χ1n) is 12.6. The van der Waals surface area contributed by atoms with Crippen LogP contribution in [-0.4, -0.2) is 35.7 Å². The lowest BCUT2D eigenvalue weighted by atomic mass is 10.1. The number of hydrogen-bond donors (Lipinski definition) is 1. The summed E-state index contributed by atoms with van der Waals surface area (Å²) in [7, 11) is 1.64. The molecule has 1 amide bonds. The minimum atomic E-state index is 0.0253. The van der Waals surface area contributed by atoms with Crippen LogP contribution in [0.2, 0.25) is 0 Å². The molecule has 0 spiro atoms. The largest absolute Gasteiger partial charge is 0.497 e. The van der Waals surface area contributed by atoms with Crippen molar-refractivity contribution in [1.82, 2.24) is 14.9 Å². The Kier molecular flexibility index (Phi) is 8.61. The second-order valence-electron chi connectivity index (χ2n) is 9.07. The minimum absolute atomic E-state index is 0.0253. The first-order chi connectivity index (χ1) is 17.5. The van der Waals surface area contributed by atoms with Crippen LogP contribution >= 0.6 is 0 Å². The third-order valence-electron chi connectivity index (χ3n) is 6.34. The summed E-state index contributed by atoms with van der Waals surface area (Å²) in [6.07, 6.45) is 2.88. The number of para-hydroxylation sites is 3. The van der Waals surface area contributed by atoms with Gasteiger partial charge in [-0.25, -0.2) is 4.98 Å². The van der Waals surface area contributed by atoms with Gasteiger partial charge in [-0.3, -0.25) is 4.79 Å². The summed E-state index contributed by atoms with van der Waals surface area (Å²) in [5, 5.41) is 3.04. The van der Waals surface area contributed by atoms with E-state index in [9.17, 15) is 4.79 Å². The average molecular weight is 486 g/mol. The third kappa shape index (κ3) is 6.45. The normalized spacial score (nSPS) is 11.0. The molecule has 1 N–H and O–H groups in total. The number of hydrogen-bond acceptors (Lipinski definition) is 4. The molecule has 0 aliphatic heterocycles. The predicted octanol–water partition coefficient (Wildman–Crippen LogP) is 5.42. The van der Waals surface area contributed by atoms with E-state index in [0.29, 0.717) is 19.6 Å². The van der Waals surface area contributed by atoms with Gasteiger partial charge in [-0.15, -0.1) is 0 Å². The van der Waals surface area contributed by atoms with Gasteiger partial charge in [0.05, 0.1) is 31.2 Å². The number of aromatic nitrogens is 2. The van der Waals surface area contributed by atoms with Crippen molar-refractivity contribution in [1.29, 1.82) is 0 Å². The Morgan fingerprint density at radius 1 is 0.944 bits per heavy atom. The topological polar surface area (TPSA) is 65.4 Å². The summed E-state index contributed by atoms with van der Waals surface area (Å²) < 4.78 is 13.6. The van der Waals surface area contributed by atoms with Crippen LogP contribution in [0.3, 0.4) is 0 Å². The maximum atomic E-state index is 12.3. The summed E-state index contributed by atoms with van der Waals surface area (Å²) in [4.78, 5) is 17.2. The smallest absolute Gasteiger partial charge is 0.224 e. The van der Waals surface area contributed by atoms with E-state index in [1.165, 1.54) is 0 Å². The highest BCUT2D eigenvalue weighted by atomic mass is 16.5. The lowest BCUT2D eigenvalue weighted by Crippen LogP contribution is -2.26. The molecular weight excluding hydrogens is 450 g/mol. The van der Waals surface area contributed by atoms with Gasteiger partial charge in [0.1, 0.15) is 17.3 Å². The van der Waals surface area contributed by atoms with Crippen LogP contribution in [0.4, 0.5) is 0 Å². The number of imidazole rings is 1. The lowest BCUT2D eigenvalue weighted by Gasteiger charge is -2.13. The van der Waals surface area contributed by atoms with Crippen LogP contribution in [0.5, 0.6) is 11.5 Å². The van der Waals surface area contributed by atoms with Crippen LogP contribution in [0.25, 0.3) is 11.0 Å². The first kappa shape index (κ1) is 25.3. The van der Waals surface area contributed by atoms with Crippen molar-refractivity contribution >= 4 is 16.9 Å². The van der Waals surface area contributed by atoms with E-state index >= 15 is 0 Å². The third-order valence-corrected chi connectivity index (χ3v) is 6.34. The molecule has 0 bridgehead atoms. The quantitative estimate of drug-likeness (QED) is 0.272. The van der Waals surface area contributed by atoms with Gasteiger partial charge in [-0.1, -0.05) is 42.5 Å². The maximum absolute atomic E-state index is 12.3. The van der Waals surface area contributed by atoms with E-state index in [-0.39, 0.29) is 5.91 Å². The molecule has 0 unspecified atom stereocenters. The zero-order valence-electron chi connectivity index (χ0n) is 21.4. The van der Waals surface area contributed by atoms with Crippen molar-refractivity contribution in [2.24, 2.45) is 0 Å². The summed E-state index contributed by atoms with van der Waals surface area (Å²) >= 11 is 0. The Labute approximate surface area is 213 Å². The molecule has 0 saturated carbocycles. The number of ether oxygens (including phenoxy) is 2. The van der Waals surface area contributed by atoms with E-state index in [2.05, 4.69) is 60.1 Å². The van der Waals surface area contributed by atoms with E-state index in [1.54, 1.807) is 7.11 Å². The fraction of sp³-hybridized carbons (Fsp3) is 0.333. The maximum Gasteiger partial charge on any atom is 0.224 e. The summed E-state index contributed by atoms with van der Waals surface area (Å²) in [5.74, 6) is 2.85. The molecule has 0 radical (unpaired) electrons. The molecule has 0 atom stereocenters. The molecule has 1 heterocycles. The Morgan fingerprint density at radius 2 is 1.69 bits per heavy atom. The van der Waals surface area contributed by atoms with E-state index in [4.69, 9.17) is 14.5 Å². The van der Waals surface area contributed by atoms with Crippen LogP contribution in [0.1, 0.15) is 35.4 Å². The van der Waals surface area contributed by atoms with Crippen molar-refractivity contribution < 1.29 is 14.3 Å². The monoisotopic (exact) mass is 485 g/mol. The number of amides is 1. The van der Waals surface area contributed by atoms with Gasteiger partial charge in [-0.05, 0) is 67.6 Å². The number of nitrogens with zero attached hydrogens (tertiary/aromatic N) is 2. The molecule has 1 aromatic heterocycles. The van der Waals surface area contributed by atoms with Crippen molar-refractivity contribution in [2.45, 2.75) is 46.1 Å². The van der Waals surface area contributed by atoms with Gasteiger partial charge in [0.15, 0.2) is 0 Å². The Hall–Kier alpha value is -3.80. The highest BCUT2D eigenvalue weighted by Gasteiger charge is 2.11. The van der Waals surface area contributed by atoms with Crippen molar-refractivity contribution in [3.05, 3.63) is 89.2 Å². The number of benzene rings is 3. The average Bonchev–Trinajstić information content (AvgIpc) is 3.23. The van der Waals surface area contributed by atoms with E-state index < -0.39 is 0 Å². The molecule has 0 aliphatic carbocycles. The molecular formula is C30H35N3O3. The Morgan fingerprint density at radius 3 is 2.44 bits per heavy atom. The fourth-order valence-electron chi connectivity index (χ4n) is 4.46. The standard InChI is InChI=1S/C30H35N3O3/c1-22-9-6-10-23(2)30(22)36-20-8-19-33-27-12-5-4-11-26(27)32-28(33)13-7-18-31-29(34)21-24-14-16-25(35-3)17-15-24/h4-6,9-12,14-17H,7-8,13,18-21H2,1-3H3,(H,31,34). The number of nitrogens with one attached hydrogen (secondary N) is 1. The number of methoxy groups -OCH3 is 1.